The van der Waals surface area contributed by atoms with Crippen LogP contribution in [0.5, 0.6) is 5.75 Å². The van der Waals surface area contributed by atoms with E-state index in [-0.39, 0.29) is 24.8 Å². The highest BCUT2D eigenvalue weighted by Crippen LogP contribution is 2.31. The molecule has 0 bridgehead atoms. The summed E-state index contributed by atoms with van der Waals surface area (Å²) in [7, 11) is 4.11. The van der Waals surface area contributed by atoms with E-state index >= 15 is 0 Å². The SMILES string of the molecule is CN(C)Cc1ccc(-c2ccccc2CNC(=O)CCN2C(=O)COc3ccccc32)cc1. The van der Waals surface area contributed by atoms with Gasteiger partial charge in [0.15, 0.2) is 6.61 Å². The van der Waals surface area contributed by atoms with Gasteiger partial charge >= 0.3 is 0 Å². The van der Waals surface area contributed by atoms with Crippen LogP contribution >= 0.6 is 0 Å². The highest BCUT2D eigenvalue weighted by molar-refractivity contribution is 5.98. The maximum Gasteiger partial charge on any atom is 0.265 e. The lowest BCUT2D eigenvalue weighted by Gasteiger charge is -2.29. The number of rotatable bonds is 8. The first-order chi connectivity index (χ1) is 16.0. The average Bonchev–Trinajstić information content (AvgIpc) is 2.82. The average molecular weight is 444 g/mol. The van der Waals surface area contributed by atoms with Crippen LogP contribution in [0, 0.1) is 0 Å². The summed E-state index contributed by atoms with van der Waals surface area (Å²) < 4.78 is 5.47. The molecule has 33 heavy (non-hydrogen) atoms. The number of para-hydroxylation sites is 2. The van der Waals surface area contributed by atoms with Crippen molar-refractivity contribution in [2.45, 2.75) is 19.5 Å². The van der Waals surface area contributed by atoms with Crippen LogP contribution in [-0.2, 0) is 22.7 Å². The molecule has 6 heteroatoms. The normalized spacial score (nSPS) is 12.9. The van der Waals surface area contributed by atoms with Gasteiger partial charge in [-0.2, -0.15) is 0 Å². The lowest BCUT2D eigenvalue weighted by atomic mass is 9.98. The van der Waals surface area contributed by atoms with Gasteiger partial charge in [-0.15, -0.1) is 0 Å². The van der Waals surface area contributed by atoms with E-state index in [2.05, 4.69) is 54.6 Å². The summed E-state index contributed by atoms with van der Waals surface area (Å²) in [6.07, 6.45) is 0.224. The van der Waals surface area contributed by atoms with Crippen molar-refractivity contribution in [2.24, 2.45) is 0 Å². The number of fused-ring (bicyclic) bond motifs is 1. The first-order valence-electron chi connectivity index (χ1n) is 11.1. The maximum absolute atomic E-state index is 12.6. The fourth-order valence-electron chi connectivity index (χ4n) is 4.01. The zero-order chi connectivity index (χ0) is 23.2. The predicted molar refractivity (Wildman–Crippen MR) is 130 cm³/mol. The standard InChI is InChI=1S/C27H29N3O3/c1-29(2)18-20-11-13-21(14-12-20)23-8-4-3-7-22(23)17-28-26(31)15-16-30-24-9-5-6-10-25(24)33-19-27(30)32/h3-14H,15-19H2,1-2H3,(H,28,31). The smallest absolute Gasteiger partial charge is 0.265 e. The lowest BCUT2D eigenvalue weighted by Crippen LogP contribution is -2.41. The molecule has 0 aromatic heterocycles. The molecule has 0 aliphatic carbocycles. The number of anilines is 1. The minimum Gasteiger partial charge on any atom is -0.482 e. The third kappa shape index (κ3) is 5.59. The number of hydrogen-bond acceptors (Lipinski definition) is 4. The van der Waals surface area contributed by atoms with Crippen LogP contribution in [0.2, 0.25) is 0 Å². The number of hydrogen-bond donors (Lipinski definition) is 1. The van der Waals surface area contributed by atoms with Crippen LogP contribution in [-0.4, -0.2) is 44.0 Å². The number of ether oxygens (including phenoxy) is 1. The Hall–Kier alpha value is -3.64. The van der Waals surface area contributed by atoms with Gasteiger partial charge in [0.25, 0.3) is 5.91 Å². The van der Waals surface area contributed by atoms with Gasteiger partial charge in [-0.25, -0.2) is 0 Å². The molecule has 0 fully saturated rings. The van der Waals surface area contributed by atoms with Crippen molar-refractivity contribution in [1.82, 2.24) is 10.2 Å². The minimum absolute atomic E-state index is 0.000654. The van der Waals surface area contributed by atoms with Crippen molar-refractivity contribution in [1.29, 1.82) is 0 Å². The van der Waals surface area contributed by atoms with E-state index in [0.717, 1.165) is 23.2 Å². The summed E-state index contributed by atoms with van der Waals surface area (Å²) in [4.78, 5) is 28.7. The van der Waals surface area contributed by atoms with E-state index < -0.39 is 0 Å². The molecule has 0 saturated heterocycles. The zero-order valence-electron chi connectivity index (χ0n) is 19.1. The van der Waals surface area contributed by atoms with Crippen LogP contribution in [0.15, 0.2) is 72.8 Å². The second kappa shape index (κ2) is 10.3. The Morgan fingerprint density at radius 3 is 2.52 bits per heavy atom. The largest absolute Gasteiger partial charge is 0.482 e. The van der Waals surface area contributed by atoms with Crippen molar-refractivity contribution >= 4 is 17.5 Å². The van der Waals surface area contributed by atoms with Gasteiger partial charge in [0.05, 0.1) is 5.69 Å². The molecular weight excluding hydrogens is 414 g/mol. The molecule has 170 valence electrons. The molecule has 1 aliphatic rings. The van der Waals surface area contributed by atoms with E-state index in [4.69, 9.17) is 4.74 Å². The van der Waals surface area contributed by atoms with E-state index in [1.807, 2.05) is 42.5 Å². The third-order valence-electron chi connectivity index (χ3n) is 5.63. The van der Waals surface area contributed by atoms with E-state index in [1.165, 1.54) is 5.56 Å². The van der Waals surface area contributed by atoms with E-state index in [1.54, 1.807) is 4.90 Å². The number of nitrogens with zero attached hydrogens (tertiary/aromatic N) is 2. The first kappa shape index (κ1) is 22.6. The van der Waals surface area contributed by atoms with Crippen LogP contribution in [0.4, 0.5) is 5.69 Å². The number of amides is 2. The van der Waals surface area contributed by atoms with Gasteiger partial charge in [-0.1, -0.05) is 60.7 Å². The Balaban J connectivity index is 1.37. The molecule has 1 aliphatic heterocycles. The molecule has 0 saturated carbocycles. The zero-order valence-corrected chi connectivity index (χ0v) is 19.1. The second-order valence-corrected chi connectivity index (χ2v) is 8.42. The van der Waals surface area contributed by atoms with Crippen LogP contribution in [0.1, 0.15) is 17.5 Å². The quantitative estimate of drug-likeness (QED) is 0.575. The number of benzene rings is 3. The van der Waals surface area contributed by atoms with Crippen molar-refractivity contribution in [2.75, 3.05) is 32.1 Å². The summed E-state index contributed by atoms with van der Waals surface area (Å²) in [5.74, 6) is 0.440. The molecule has 1 heterocycles. The van der Waals surface area contributed by atoms with Crippen LogP contribution < -0.4 is 15.0 Å². The molecule has 3 aromatic rings. The van der Waals surface area contributed by atoms with Gasteiger partial charge in [-0.05, 0) is 48.5 Å². The Bertz CT molecular complexity index is 1130. The first-order valence-corrected chi connectivity index (χ1v) is 11.1. The molecule has 0 atom stereocenters. The lowest BCUT2D eigenvalue weighted by molar-refractivity contribution is -0.122. The summed E-state index contributed by atoms with van der Waals surface area (Å²) in [5.41, 5.74) is 5.25. The molecule has 0 radical (unpaired) electrons. The summed E-state index contributed by atoms with van der Waals surface area (Å²) in [6.45, 7) is 1.65. The van der Waals surface area contributed by atoms with Crippen molar-refractivity contribution in [3.63, 3.8) is 0 Å². The third-order valence-corrected chi connectivity index (χ3v) is 5.63. The van der Waals surface area contributed by atoms with E-state index in [0.29, 0.717) is 24.5 Å². The molecule has 1 N–H and O–H groups in total. The number of nitrogens with one attached hydrogen (secondary N) is 1. The Morgan fingerprint density at radius 1 is 1.00 bits per heavy atom. The van der Waals surface area contributed by atoms with Gasteiger partial charge < -0.3 is 19.9 Å². The predicted octanol–water partition coefficient (Wildman–Crippen LogP) is 3.85. The van der Waals surface area contributed by atoms with Gasteiger partial charge in [0, 0.05) is 26.1 Å². The molecule has 6 nitrogen and oxygen atoms in total. The fourth-order valence-corrected chi connectivity index (χ4v) is 4.01. The Kier molecular flexibility index (Phi) is 7.05. The maximum atomic E-state index is 12.6. The van der Waals surface area contributed by atoms with Crippen molar-refractivity contribution < 1.29 is 14.3 Å². The molecular formula is C27H29N3O3. The van der Waals surface area contributed by atoms with Crippen LogP contribution in [0.3, 0.4) is 0 Å². The van der Waals surface area contributed by atoms with Crippen molar-refractivity contribution in [3.05, 3.63) is 83.9 Å². The highest BCUT2D eigenvalue weighted by Gasteiger charge is 2.25. The van der Waals surface area contributed by atoms with Gasteiger partial charge in [0.2, 0.25) is 5.91 Å². The monoisotopic (exact) mass is 443 g/mol. The van der Waals surface area contributed by atoms with Gasteiger partial charge in [-0.3, -0.25) is 9.59 Å². The molecule has 0 spiro atoms. The highest BCUT2D eigenvalue weighted by atomic mass is 16.5. The molecule has 3 aromatic carbocycles. The van der Waals surface area contributed by atoms with Crippen LogP contribution in [0.25, 0.3) is 11.1 Å². The Labute approximate surface area is 194 Å². The summed E-state index contributed by atoms with van der Waals surface area (Å²) in [5, 5.41) is 3.01. The number of carbonyl (C=O) groups excluding carboxylic acids is 2. The number of carbonyl (C=O) groups is 2. The topological polar surface area (TPSA) is 61.9 Å². The minimum atomic E-state index is -0.135. The van der Waals surface area contributed by atoms with Crippen molar-refractivity contribution in [3.8, 4) is 16.9 Å². The summed E-state index contributed by atoms with van der Waals surface area (Å²) >= 11 is 0. The van der Waals surface area contributed by atoms with Gasteiger partial charge in [0.1, 0.15) is 5.75 Å². The summed E-state index contributed by atoms with van der Waals surface area (Å²) in [6, 6.07) is 24.0. The van der Waals surface area contributed by atoms with E-state index in [9.17, 15) is 9.59 Å². The second-order valence-electron chi connectivity index (χ2n) is 8.42. The Morgan fingerprint density at radius 2 is 1.73 bits per heavy atom. The molecule has 2 amide bonds. The molecule has 0 unspecified atom stereocenters. The molecule has 4 rings (SSSR count). The fraction of sp³-hybridized carbons (Fsp3) is 0.259.